The summed E-state index contributed by atoms with van der Waals surface area (Å²) >= 11 is 15.7. The van der Waals surface area contributed by atoms with Gasteiger partial charge in [-0.2, -0.15) is 0 Å². The fourth-order valence-electron chi connectivity index (χ4n) is 2.40. The molecule has 128 valence electrons. The first-order valence-corrected chi connectivity index (χ1v) is 8.82. The van der Waals surface area contributed by atoms with E-state index in [0.29, 0.717) is 32.7 Å². The molecular formula is C18H13BrCl2N2O2. The van der Waals surface area contributed by atoms with E-state index in [1.54, 1.807) is 30.3 Å². The third-order valence-corrected chi connectivity index (χ3v) is 4.68. The van der Waals surface area contributed by atoms with Gasteiger partial charge in [0.05, 0.1) is 15.7 Å². The molecule has 0 aliphatic carbocycles. The van der Waals surface area contributed by atoms with Crippen LogP contribution < -0.4 is 11.1 Å². The van der Waals surface area contributed by atoms with Gasteiger partial charge in [-0.05, 0) is 55.0 Å². The number of furan rings is 1. The molecule has 1 aromatic heterocycles. The van der Waals surface area contributed by atoms with E-state index in [2.05, 4.69) is 21.2 Å². The zero-order chi connectivity index (χ0) is 18.1. The van der Waals surface area contributed by atoms with E-state index >= 15 is 0 Å². The summed E-state index contributed by atoms with van der Waals surface area (Å²) in [6.07, 6.45) is 0. The third kappa shape index (κ3) is 3.84. The van der Waals surface area contributed by atoms with Crippen LogP contribution in [0.5, 0.6) is 0 Å². The fraction of sp³-hybridized carbons (Fsp3) is 0.0556. The van der Waals surface area contributed by atoms with Gasteiger partial charge in [0.1, 0.15) is 5.76 Å². The van der Waals surface area contributed by atoms with E-state index in [-0.39, 0.29) is 5.76 Å². The second-order valence-corrected chi connectivity index (χ2v) is 7.17. The Morgan fingerprint density at radius 1 is 1.12 bits per heavy atom. The van der Waals surface area contributed by atoms with Crippen molar-refractivity contribution in [3.63, 3.8) is 0 Å². The number of aryl methyl sites for hydroxylation is 1. The first kappa shape index (κ1) is 17.9. The SMILES string of the molecule is Cc1cc(N)cc(Cl)c1NC(=O)c1ccc(-c2ccc(Br)cc2Cl)o1. The van der Waals surface area contributed by atoms with E-state index in [4.69, 9.17) is 33.4 Å². The molecule has 4 nitrogen and oxygen atoms in total. The standard InChI is InChI=1S/C18H13BrCl2N2O2/c1-9-6-11(22)8-14(21)17(9)23-18(24)16-5-4-15(25-16)12-3-2-10(19)7-13(12)20/h2-8H,22H2,1H3,(H,23,24). The van der Waals surface area contributed by atoms with Gasteiger partial charge in [-0.3, -0.25) is 4.79 Å². The van der Waals surface area contributed by atoms with Crippen molar-refractivity contribution in [2.45, 2.75) is 6.92 Å². The molecule has 2 aromatic carbocycles. The number of carbonyl (C=O) groups excluding carboxylic acids is 1. The van der Waals surface area contributed by atoms with Gasteiger partial charge in [-0.25, -0.2) is 0 Å². The first-order chi connectivity index (χ1) is 11.8. The third-order valence-electron chi connectivity index (χ3n) is 3.57. The van der Waals surface area contributed by atoms with Crippen LogP contribution in [0.1, 0.15) is 16.1 Å². The minimum atomic E-state index is -0.408. The van der Waals surface area contributed by atoms with Crippen molar-refractivity contribution in [1.29, 1.82) is 0 Å². The van der Waals surface area contributed by atoms with Crippen LogP contribution in [-0.4, -0.2) is 5.91 Å². The highest BCUT2D eigenvalue weighted by atomic mass is 79.9. The Kier molecular flexibility index (Phi) is 5.08. The lowest BCUT2D eigenvalue weighted by Crippen LogP contribution is -2.12. The van der Waals surface area contributed by atoms with E-state index in [1.165, 1.54) is 0 Å². The summed E-state index contributed by atoms with van der Waals surface area (Å²) in [7, 11) is 0. The fourth-order valence-corrected chi connectivity index (χ4v) is 3.49. The lowest BCUT2D eigenvalue weighted by molar-refractivity contribution is 0.0997. The normalized spacial score (nSPS) is 10.7. The van der Waals surface area contributed by atoms with Crippen LogP contribution in [0.4, 0.5) is 11.4 Å². The van der Waals surface area contributed by atoms with Crippen molar-refractivity contribution >= 4 is 56.4 Å². The van der Waals surface area contributed by atoms with E-state index in [9.17, 15) is 4.79 Å². The molecule has 3 aromatic rings. The van der Waals surface area contributed by atoms with Gasteiger partial charge in [-0.15, -0.1) is 0 Å². The molecule has 0 radical (unpaired) electrons. The Hall–Kier alpha value is -1.95. The van der Waals surface area contributed by atoms with Gasteiger partial charge >= 0.3 is 0 Å². The van der Waals surface area contributed by atoms with Crippen LogP contribution >= 0.6 is 39.1 Å². The number of halogens is 3. The molecule has 7 heteroatoms. The van der Waals surface area contributed by atoms with Crippen LogP contribution in [0, 0.1) is 6.92 Å². The maximum atomic E-state index is 12.5. The Balaban J connectivity index is 1.86. The van der Waals surface area contributed by atoms with Crippen molar-refractivity contribution in [3.05, 3.63) is 68.3 Å². The maximum Gasteiger partial charge on any atom is 0.291 e. The molecule has 25 heavy (non-hydrogen) atoms. The van der Waals surface area contributed by atoms with Crippen molar-refractivity contribution in [2.24, 2.45) is 0 Å². The predicted octanol–water partition coefficient (Wildman–Crippen LogP) is 6.16. The highest BCUT2D eigenvalue weighted by molar-refractivity contribution is 9.10. The lowest BCUT2D eigenvalue weighted by atomic mass is 10.1. The van der Waals surface area contributed by atoms with Crippen LogP contribution in [0.3, 0.4) is 0 Å². The monoisotopic (exact) mass is 438 g/mol. The van der Waals surface area contributed by atoms with Crippen molar-refractivity contribution in [3.8, 4) is 11.3 Å². The van der Waals surface area contributed by atoms with Gasteiger partial charge in [0.15, 0.2) is 5.76 Å². The highest BCUT2D eigenvalue weighted by Gasteiger charge is 2.16. The predicted molar refractivity (Wildman–Crippen MR) is 105 cm³/mol. The number of rotatable bonds is 3. The topological polar surface area (TPSA) is 68.3 Å². The molecule has 0 aliphatic rings. The van der Waals surface area contributed by atoms with Gasteiger partial charge in [0, 0.05) is 15.7 Å². The van der Waals surface area contributed by atoms with Crippen LogP contribution in [0.15, 0.2) is 51.4 Å². The summed E-state index contributed by atoms with van der Waals surface area (Å²) in [6, 6.07) is 12.0. The molecule has 0 bridgehead atoms. The van der Waals surface area contributed by atoms with Gasteiger partial charge in [-0.1, -0.05) is 39.1 Å². The van der Waals surface area contributed by atoms with Gasteiger partial charge in [0.2, 0.25) is 0 Å². The Labute approximate surface area is 163 Å². The number of nitrogens with two attached hydrogens (primary N) is 1. The molecule has 0 spiro atoms. The summed E-state index contributed by atoms with van der Waals surface area (Å²) in [6.45, 7) is 1.81. The number of carbonyl (C=O) groups is 1. The second-order valence-electron chi connectivity index (χ2n) is 5.44. The zero-order valence-electron chi connectivity index (χ0n) is 13.1. The summed E-state index contributed by atoms with van der Waals surface area (Å²) in [5.74, 6) is 0.248. The summed E-state index contributed by atoms with van der Waals surface area (Å²) in [5.41, 5.74) is 8.23. The molecule has 0 atom stereocenters. The number of nitrogens with one attached hydrogen (secondary N) is 1. The summed E-state index contributed by atoms with van der Waals surface area (Å²) in [5, 5.41) is 3.64. The minimum absolute atomic E-state index is 0.154. The number of nitrogen functional groups attached to an aromatic ring is 1. The minimum Gasteiger partial charge on any atom is -0.451 e. The molecule has 0 saturated carbocycles. The largest absolute Gasteiger partial charge is 0.451 e. The molecule has 1 amide bonds. The smallest absolute Gasteiger partial charge is 0.291 e. The van der Waals surface area contributed by atoms with E-state index in [0.717, 1.165) is 10.0 Å². The quantitative estimate of drug-likeness (QED) is 0.480. The van der Waals surface area contributed by atoms with E-state index in [1.807, 2.05) is 19.1 Å². The molecular weight excluding hydrogens is 427 g/mol. The molecule has 0 unspecified atom stereocenters. The molecule has 3 N–H and O–H groups in total. The first-order valence-electron chi connectivity index (χ1n) is 7.27. The number of amides is 1. The number of hydrogen-bond acceptors (Lipinski definition) is 3. The number of benzene rings is 2. The molecule has 3 rings (SSSR count). The average molecular weight is 440 g/mol. The average Bonchev–Trinajstić information content (AvgIpc) is 3.00. The molecule has 0 saturated heterocycles. The Morgan fingerprint density at radius 3 is 2.56 bits per heavy atom. The van der Waals surface area contributed by atoms with Gasteiger partial charge in [0.25, 0.3) is 5.91 Å². The highest BCUT2D eigenvalue weighted by Crippen LogP contribution is 2.33. The Morgan fingerprint density at radius 2 is 1.88 bits per heavy atom. The molecule has 0 aliphatic heterocycles. The van der Waals surface area contributed by atoms with Crippen LogP contribution in [-0.2, 0) is 0 Å². The van der Waals surface area contributed by atoms with Crippen LogP contribution in [0.25, 0.3) is 11.3 Å². The zero-order valence-corrected chi connectivity index (χ0v) is 16.2. The molecule has 1 heterocycles. The molecule has 0 fully saturated rings. The van der Waals surface area contributed by atoms with Crippen LogP contribution in [0.2, 0.25) is 10.0 Å². The Bertz CT molecular complexity index is 946. The summed E-state index contributed by atoms with van der Waals surface area (Å²) < 4.78 is 6.51. The lowest BCUT2D eigenvalue weighted by Gasteiger charge is -2.10. The second kappa shape index (κ2) is 7.12. The van der Waals surface area contributed by atoms with Crippen molar-refractivity contribution < 1.29 is 9.21 Å². The number of anilines is 2. The maximum absolute atomic E-state index is 12.5. The van der Waals surface area contributed by atoms with E-state index < -0.39 is 5.91 Å². The van der Waals surface area contributed by atoms with Gasteiger partial charge < -0.3 is 15.5 Å². The number of hydrogen-bond donors (Lipinski definition) is 2. The van der Waals surface area contributed by atoms with Crippen molar-refractivity contribution in [2.75, 3.05) is 11.1 Å². The van der Waals surface area contributed by atoms with Crippen molar-refractivity contribution in [1.82, 2.24) is 0 Å². The summed E-state index contributed by atoms with van der Waals surface area (Å²) in [4.78, 5) is 12.5.